The van der Waals surface area contributed by atoms with Crippen molar-refractivity contribution in [1.29, 1.82) is 0 Å². The molecule has 3 rings (SSSR count). The highest BCUT2D eigenvalue weighted by atomic mass is 32.1. The van der Waals surface area contributed by atoms with Gasteiger partial charge in [-0.1, -0.05) is 13.3 Å². The van der Waals surface area contributed by atoms with E-state index in [9.17, 15) is 9.59 Å². The van der Waals surface area contributed by atoms with Crippen molar-refractivity contribution in [1.82, 2.24) is 5.32 Å². The topological polar surface area (TPSA) is 73.9 Å². The van der Waals surface area contributed by atoms with Gasteiger partial charge >= 0.3 is 5.97 Å². The van der Waals surface area contributed by atoms with Crippen molar-refractivity contribution in [3.05, 3.63) is 35.2 Å². The van der Waals surface area contributed by atoms with Crippen LogP contribution in [0.15, 0.2) is 30.3 Å². The minimum Gasteiger partial charge on any atom is -0.486 e. The average molecular weight is 375 g/mol. The SMILES string of the molecule is CCCCNC(=O)COC(=O)c1ccc(-c2ccc3c(c2)OCCO3)s1. The lowest BCUT2D eigenvalue weighted by atomic mass is 10.1. The van der Waals surface area contributed by atoms with Crippen molar-refractivity contribution in [2.75, 3.05) is 26.4 Å². The van der Waals surface area contributed by atoms with E-state index in [4.69, 9.17) is 14.2 Å². The molecule has 0 saturated heterocycles. The zero-order valence-corrected chi connectivity index (χ0v) is 15.4. The summed E-state index contributed by atoms with van der Waals surface area (Å²) in [4.78, 5) is 25.1. The number of hydrogen-bond donors (Lipinski definition) is 1. The Kier molecular flexibility index (Phi) is 6.12. The molecule has 2 aromatic rings. The fourth-order valence-electron chi connectivity index (χ4n) is 2.46. The molecule has 138 valence electrons. The summed E-state index contributed by atoms with van der Waals surface area (Å²) in [6.45, 7) is 3.45. The number of nitrogens with one attached hydrogen (secondary N) is 1. The fourth-order valence-corrected chi connectivity index (χ4v) is 3.35. The molecule has 0 aliphatic carbocycles. The molecule has 0 bridgehead atoms. The summed E-state index contributed by atoms with van der Waals surface area (Å²) in [5.41, 5.74) is 0.940. The predicted molar refractivity (Wildman–Crippen MR) is 98.9 cm³/mol. The number of thiophene rings is 1. The maximum atomic E-state index is 12.1. The molecule has 26 heavy (non-hydrogen) atoms. The van der Waals surface area contributed by atoms with Crippen LogP contribution in [0.2, 0.25) is 0 Å². The molecule has 1 amide bonds. The standard InChI is InChI=1S/C19H21NO5S/c1-2-3-8-20-18(21)12-25-19(22)17-7-6-16(26-17)13-4-5-14-15(11-13)24-10-9-23-14/h4-7,11H,2-3,8-10,12H2,1H3,(H,20,21). The first-order chi connectivity index (χ1) is 12.7. The number of rotatable bonds is 7. The van der Waals surface area contributed by atoms with Crippen LogP contribution < -0.4 is 14.8 Å². The predicted octanol–water partition coefficient (Wildman–Crippen LogP) is 3.26. The smallest absolute Gasteiger partial charge is 0.348 e. The molecule has 1 aromatic heterocycles. The van der Waals surface area contributed by atoms with Gasteiger partial charge in [0.1, 0.15) is 18.1 Å². The molecule has 2 heterocycles. The zero-order chi connectivity index (χ0) is 18.4. The monoisotopic (exact) mass is 375 g/mol. The summed E-state index contributed by atoms with van der Waals surface area (Å²) in [6.07, 6.45) is 1.90. The minimum atomic E-state index is -0.496. The normalized spacial score (nSPS) is 12.5. The van der Waals surface area contributed by atoms with E-state index in [2.05, 4.69) is 5.32 Å². The first kappa shape index (κ1) is 18.3. The van der Waals surface area contributed by atoms with Gasteiger partial charge in [-0.25, -0.2) is 4.79 Å². The largest absolute Gasteiger partial charge is 0.486 e. The number of hydrogen-bond acceptors (Lipinski definition) is 6. The van der Waals surface area contributed by atoms with Crippen molar-refractivity contribution in [3.8, 4) is 21.9 Å². The molecule has 1 aliphatic rings. The molecule has 0 unspecified atom stereocenters. The van der Waals surface area contributed by atoms with Gasteiger partial charge in [0, 0.05) is 11.4 Å². The Morgan fingerprint density at radius 2 is 1.96 bits per heavy atom. The Morgan fingerprint density at radius 1 is 1.15 bits per heavy atom. The molecular formula is C19H21NO5S. The van der Waals surface area contributed by atoms with Crippen LogP contribution in [0.5, 0.6) is 11.5 Å². The fraction of sp³-hybridized carbons (Fsp3) is 0.368. The molecule has 0 saturated carbocycles. The van der Waals surface area contributed by atoms with Gasteiger partial charge < -0.3 is 19.5 Å². The maximum absolute atomic E-state index is 12.1. The van der Waals surface area contributed by atoms with E-state index in [1.165, 1.54) is 11.3 Å². The molecular weight excluding hydrogens is 354 g/mol. The van der Waals surface area contributed by atoms with Crippen molar-refractivity contribution in [3.63, 3.8) is 0 Å². The number of benzene rings is 1. The van der Waals surface area contributed by atoms with Crippen LogP contribution in [0, 0.1) is 0 Å². The number of unbranched alkanes of at least 4 members (excludes halogenated alkanes) is 1. The summed E-state index contributed by atoms with van der Waals surface area (Å²) in [5.74, 6) is 0.653. The highest BCUT2D eigenvalue weighted by Gasteiger charge is 2.16. The highest BCUT2D eigenvalue weighted by molar-refractivity contribution is 7.17. The zero-order valence-electron chi connectivity index (χ0n) is 14.6. The van der Waals surface area contributed by atoms with E-state index >= 15 is 0 Å². The molecule has 0 radical (unpaired) electrons. The third-order valence-corrected chi connectivity index (χ3v) is 4.94. The molecule has 1 N–H and O–H groups in total. The number of carbonyl (C=O) groups excluding carboxylic acids is 2. The first-order valence-corrected chi connectivity index (χ1v) is 9.42. The summed E-state index contributed by atoms with van der Waals surface area (Å²) < 4.78 is 16.2. The van der Waals surface area contributed by atoms with E-state index in [-0.39, 0.29) is 12.5 Å². The average Bonchev–Trinajstić information content (AvgIpc) is 3.16. The highest BCUT2D eigenvalue weighted by Crippen LogP contribution is 2.36. The van der Waals surface area contributed by atoms with Gasteiger partial charge in [0.15, 0.2) is 18.1 Å². The number of esters is 1. The van der Waals surface area contributed by atoms with Gasteiger partial charge in [0.25, 0.3) is 5.91 Å². The lowest BCUT2D eigenvalue weighted by Gasteiger charge is -2.18. The first-order valence-electron chi connectivity index (χ1n) is 8.61. The number of ether oxygens (including phenoxy) is 3. The maximum Gasteiger partial charge on any atom is 0.348 e. The van der Waals surface area contributed by atoms with E-state index in [0.717, 1.165) is 29.0 Å². The van der Waals surface area contributed by atoms with Crippen LogP contribution in [0.4, 0.5) is 0 Å². The van der Waals surface area contributed by atoms with Crippen molar-refractivity contribution in [2.24, 2.45) is 0 Å². The summed E-state index contributed by atoms with van der Waals surface area (Å²) in [5, 5.41) is 2.71. The third kappa shape index (κ3) is 4.54. The third-order valence-electron chi connectivity index (χ3n) is 3.82. The Balaban J connectivity index is 1.59. The number of amides is 1. The lowest BCUT2D eigenvalue weighted by Crippen LogP contribution is -2.29. The van der Waals surface area contributed by atoms with E-state index in [1.54, 1.807) is 6.07 Å². The quantitative estimate of drug-likeness (QED) is 0.594. The van der Waals surface area contributed by atoms with E-state index in [1.807, 2.05) is 31.2 Å². The lowest BCUT2D eigenvalue weighted by molar-refractivity contribution is -0.124. The van der Waals surface area contributed by atoms with Crippen LogP contribution in [-0.4, -0.2) is 38.2 Å². The van der Waals surface area contributed by atoms with Gasteiger partial charge in [-0.05, 0) is 42.3 Å². The van der Waals surface area contributed by atoms with Gasteiger partial charge in [-0.15, -0.1) is 11.3 Å². The summed E-state index contributed by atoms with van der Waals surface area (Å²) in [6, 6.07) is 9.25. The van der Waals surface area contributed by atoms with Crippen LogP contribution in [0.3, 0.4) is 0 Å². The van der Waals surface area contributed by atoms with Gasteiger partial charge in [0.05, 0.1) is 0 Å². The van der Waals surface area contributed by atoms with Crippen molar-refractivity contribution >= 4 is 23.2 Å². The van der Waals surface area contributed by atoms with E-state index in [0.29, 0.717) is 30.4 Å². The Hall–Kier alpha value is -2.54. The second-order valence-corrected chi connectivity index (χ2v) is 6.89. The summed E-state index contributed by atoms with van der Waals surface area (Å²) in [7, 11) is 0. The second-order valence-electron chi connectivity index (χ2n) is 5.80. The van der Waals surface area contributed by atoms with Gasteiger partial charge in [-0.3, -0.25) is 4.79 Å². The molecule has 0 fully saturated rings. The Bertz CT molecular complexity index is 786. The van der Waals surface area contributed by atoms with Gasteiger partial charge in [-0.2, -0.15) is 0 Å². The molecule has 7 heteroatoms. The van der Waals surface area contributed by atoms with Crippen LogP contribution in [0.25, 0.3) is 10.4 Å². The number of fused-ring (bicyclic) bond motifs is 1. The molecule has 0 atom stereocenters. The number of carbonyl (C=O) groups is 2. The van der Waals surface area contributed by atoms with Crippen molar-refractivity contribution < 1.29 is 23.8 Å². The second kappa shape index (κ2) is 8.71. The Labute approximate surface area is 156 Å². The minimum absolute atomic E-state index is 0.264. The van der Waals surface area contributed by atoms with E-state index < -0.39 is 5.97 Å². The van der Waals surface area contributed by atoms with Crippen LogP contribution >= 0.6 is 11.3 Å². The molecule has 6 nitrogen and oxygen atoms in total. The summed E-state index contributed by atoms with van der Waals surface area (Å²) >= 11 is 1.32. The molecule has 1 aromatic carbocycles. The van der Waals surface area contributed by atoms with Crippen LogP contribution in [-0.2, 0) is 9.53 Å². The van der Waals surface area contributed by atoms with Crippen LogP contribution in [0.1, 0.15) is 29.4 Å². The molecule has 1 aliphatic heterocycles. The van der Waals surface area contributed by atoms with Crippen molar-refractivity contribution in [2.45, 2.75) is 19.8 Å². The Morgan fingerprint density at radius 3 is 2.77 bits per heavy atom. The molecule has 0 spiro atoms. The van der Waals surface area contributed by atoms with Gasteiger partial charge in [0.2, 0.25) is 0 Å².